The van der Waals surface area contributed by atoms with Gasteiger partial charge < -0.3 is 14.5 Å². The van der Waals surface area contributed by atoms with E-state index in [1.807, 2.05) is 12.3 Å². The maximum absolute atomic E-state index is 5.61. The molecule has 2 aliphatic heterocycles. The molecule has 37 heavy (non-hydrogen) atoms. The van der Waals surface area contributed by atoms with Crippen LogP contribution < -0.4 is 4.90 Å². The van der Waals surface area contributed by atoms with Crippen molar-refractivity contribution in [1.29, 1.82) is 0 Å². The van der Waals surface area contributed by atoms with Gasteiger partial charge in [0.2, 0.25) is 0 Å². The first-order valence-electron chi connectivity index (χ1n) is 13.0. The van der Waals surface area contributed by atoms with Crippen molar-refractivity contribution < 1.29 is 4.74 Å². The third kappa shape index (κ3) is 5.45. The van der Waals surface area contributed by atoms with E-state index < -0.39 is 0 Å². The highest BCUT2D eigenvalue weighted by Crippen LogP contribution is 2.34. The standard InChI is InChI=1S/C28H33N7OS/c1-21-5-3-6-22(19-21)24-8-10-35(31-24)28-29-25-20-23(7-4-9-33-13-11-32(2)12-14-33)37-26(25)27(30-28)34-15-17-36-18-16-34/h3-8,10,19-20H,9,11-18H2,1-2H3/b7-4+. The average molecular weight is 516 g/mol. The van der Waals surface area contributed by atoms with Crippen LogP contribution in [0.1, 0.15) is 10.4 Å². The summed E-state index contributed by atoms with van der Waals surface area (Å²) in [6.45, 7) is 10.7. The number of piperazine rings is 1. The monoisotopic (exact) mass is 515 g/mol. The summed E-state index contributed by atoms with van der Waals surface area (Å²) in [4.78, 5) is 18.4. The first-order valence-corrected chi connectivity index (χ1v) is 13.8. The minimum absolute atomic E-state index is 0.596. The van der Waals surface area contributed by atoms with Crippen LogP contribution in [0.15, 0.2) is 48.7 Å². The zero-order chi connectivity index (χ0) is 25.2. The van der Waals surface area contributed by atoms with E-state index in [4.69, 9.17) is 19.8 Å². The smallest absolute Gasteiger partial charge is 0.253 e. The lowest BCUT2D eigenvalue weighted by Gasteiger charge is -2.31. The molecule has 4 aromatic rings. The zero-order valence-corrected chi connectivity index (χ0v) is 22.3. The molecule has 0 N–H and O–H groups in total. The number of benzene rings is 1. The lowest BCUT2D eigenvalue weighted by molar-refractivity contribution is 0.122. The highest BCUT2D eigenvalue weighted by molar-refractivity contribution is 7.20. The van der Waals surface area contributed by atoms with Crippen LogP contribution in [0.25, 0.3) is 33.5 Å². The molecule has 8 nitrogen and oxygen atoms in total. The number of anilines is 1. The van der Waals surface area contributed by atoms with Crippen LogP contribution in [0.4, 0.5) is 5.82 Å². The van der Waals surface area contributed by atoms with Crippen molar-refractivity contribution in [3.63, 3.8) is 0 Å². The Kier molecular flexibility index (Phi) is 7.01. The van der Waals surface area contributed by atoms with E-state index >= 15 is 0 Å². The summed E-state index contributed by atoms with van der Waals surface area (Å²) >= 11 is 1.76. The Balaban J connectivity index is 1.31. The SMILES string of the molecule is Cc1cccc(-c2ccn(-c3nc(N4CCOCC4)c4sc(/C=C/CN5CCN(C)CC5)cc4n3)n2)c1. The van der Waals surface area contributed by atoms with Gasteiger partial charge in [-0.05, 0) is 38.2 Å². The molecule has 2 fully saturated rings. The fourth-order valence-corrected chi connectivity index (χ4v) is 5.88. The second-order valence-electron chi connectivity index (χ2n) is 9.83. The molecule has 0 unspecified atom stereocenters. The van der Waals surface area contributed by atoms with Gasteiger partial charge in [0.25, 0.3) is 5.95 Å². The van der Waals surface area contributed by atoms with Crippen molar-refractivity contribution in [2.45, 2.75) is 6.92 Å². The van der Waals surface area contributed by atoms with E-state index in [2.05, 4.69) is 71.2 Å². The number of likely N-dealkylation sites (N-methyl/N-ethyl adjacent to an activating group) is 1. The largest absolute Gasteiger partial charge is 0.378 e. The van der Waals surface area contributed by atoms with Crippen LogP contribution in [0, 0.1) is 6.92 Å². The Morgan fingerprint density at radius 3 is 2.65 bits per heavy atom. The highest BCUT2D eigenvalue weighted by Gasteiger charge is 2.20. The number of ether oxygens (including phenoxy) is 1. The lowest BCUT2D eigenvalue weighted by Crippen LogP contribution is -2.44. The first kappa shape index (κ1) is 24.2. The summed E-state index contributed by atoms with van der Waals surface area (Å²) in [6.07, 6.45) is 6.46. The quantitative estimate of drug-likeness (QED) is 0.385. The maximum Gasteiger partial charge on any atom is 0.253 e. The molecule has 6 rings (SSSR count). The molecular weight excluding hydrogens is 482 g/mol. The average Bonchev–Trinajstić information content (AvgIpc) is 3.57. The Morgan fingerprint density at radius 2 is 1.84 bits per heavy atom. The van der Waals surface area contributed by atoms with Gasteiger partial charge in [-0.3, -0.25) is 4.90 Å². The van der Waals surface area contributed by atoms with Gasteiger partial charge in [0.15, 0.2) is 5.82 Å². The van der Waals surface area contributed by atoms with Gasteiger partial charge in [0.1, 0.15) is 0 Å². The lowest BCUT2D eigenvalue weighted by atomic mass is 10.1. The van der Waals surface area contributed by atoms with E-state index in [1.165, 1.54) is 10.4 Å². The van der Waals surface area contributed by atoms with Crippen LogP contribution in [-0.2, 0) is 4.74 Å². The fraction of sp³-hybridized carbons (Fsp3) is 0.393. The predicted molar refractivity (Wildman–Crippen MR) is 151 cm³/mol. The molecule has 0 aliphatic carbocycles. The van der Waals surface area contributed by atoms with E-state index in [9.17, 15) is 0 Å². The van der Waals surface area contributed by atoms with Crippen molar-refractivity contribution in [1.82, 2.24) is 29.5 Å². The molecule has 192 valence electrons. The van der Waals surface area contributed by atoms with Gasteiger partial charge in [0.05, 0.1) is 29.1 Å². The minimum Gasteiger partial charge on any atom is -0.378 e. The van der Waals surface area contributed by atoms with Crippen LogP contribution in [0.2, 0.25) is 0 Å². The van der Waals surface area contributed by atoms with E-state index in [0.29, 0.717) is 19.2 Å². The number of hydrogen-bond acceptors (Lipinski definition) is 8. The van der Waals surface area contributed by atoms with E-state index in [1.54, 1.807) is 16.0 Å². The molecule has 9 heteroatoms. The molecule has 5 heterocycles. The molecule has 0 saturated carbocycles. The summed E-state index contributed by atoms with van der Waals surface area (Å²) in [5, 5.41) is 4.83. The van der Waals surface area contributed by atoms with Gasteiger partial charge in [0, 0.05) is 62.5 Å². The molecule has 0 radical (unpaired) electrons. The number of hydrogen-bond donors (Lipinski definition) is 0. The number of morpholine rings is 1. The Morgan fingerprint density at radius 1 is 1.00 bits per heavy atom. The Hall–Kier alpha value is -3.11. The predicted octanol–water partition coefficient (Wildman–Crippen LogP) is 3.95. The third-order valence-corrected chi connectivity index (χ3v) is 8.11. The van der Waals surface area contributed by atoms with E-state index in [-0.39, 0.29) is 0 Å². The molecule has 0 bridgehead atoms. The van der Waals surface area contributed by atoms with Gasteiger partial charge in [-0.1, -0.05) is 29.8 Å². The maximum atomic E-state index is 5.61. The summed E-state index contributed by atoms with van der Waals surface area (Å²) in [5.74, 6) is 1.57. The molecule has 0 atom stereocenters. The zero-order valence-electron chi connectivity index (χ0n) is 21.5. The number of aromatic nitrogens is 4. The second-order valence-corrected chi connectivity index (χ2v) is 10.9. The summed E-state index contributed by atoms with van der Waals surface area (Å²) in [5.41, 5.74) is 4.18. The number of fused-ring (bicyclic) bond motifs is 1. The number of thiophene rings is 1. The third-order valence-electron chi connectivity index (χ3n) is 7.02. The molecule has 1 aromatic carbocycles. The van der Waals surface area contributed by atoms with Gasteiger partial charge in [-0.25, -0.2) is 9.67 Å². The minimum atomic E-state index is 0.596. The molecular formula is C28H33N7OS. The van der Waals surface area contributed by atoms with Crippen molar-refractivity contribution in [2.24, 2.45) is 0 Å². The van der Waals surface area contributed by atoms with Crippen LogP contribution in [0.3, 0.4) is 0 Å². The second kappa shape index (κ2) is 10.7. The number of nitrogens with zero attached hydrogens (tertiary/aromatic N) is 7. The molecule has 0 amide bonds. The molecule has 0 spiro atoms. The first-order chi connectivity index (χ1) is 18.1. The van der Waals surface area contributed by atoms with Crippen molar-refractivity contribution >= 4 is 33.4 Å². The summed E-state index contributed by atoms with van der Waals surface area (Å²) in [6, 6.07) is 12.6. The fourth-order valence-electron chi connectivity index (χ4n) is 4.84. The van der Waals surface area contributed by atoms with Crippen molar-refractivity contribution in [3.05, 3.63) is 59.1 Å². The highest BCUT2D eigenvalue weighted by atomic mass is 32.1. The number of rotatable bonds is 6. The van der Waals surface area contributed by atoms with Gasteiger partial charge >= 0.3 is 0 Å². The van der Waals surface area contributed by atoms with Crippen LogP contribution >= 0.6 is 11.3 Å². The van der Waals surface area contributed by atoms with E-state index in [0.717, 1.165) is 73.1 Å². The van der Waals surface area contributed by atoms with Gasteiger partial charge in [-0.2, -0.15) is 10.1 Å². The molecule has 2 saturated heterocycles. The van der Waals surface area contributed by atoms with Gasteiger partial charge in [-0.15, -0.1) is 11.3 Å². The Bertz CT molecular complexity index is 1400. The molecule has 2 aliphatic rings. The number of aryl methyl sites for hydroxylation is 1. The van der Waals surface area contributed by atoms with Crippen molar-refractivity contribution in [3.8, 4) is 17.2 Å². The Labute approximate surface area is 221 Å². The summed E-state index contributed by atoms with van der Waals surface area (Å²) in [7, 11) is 2.19. The summed E-state index contributed by atoms with van der Waals surface area (Å²) < 4.78 is 8.53. The molecule has 3 aromatic heterocycles. The topological polar surface area (TPSA) is 62.6 Å². The normalized spacial score (nSPS) is 17.8. The van der Waals surface area contributed by atoms with Crippen LogP contribution in [0.5, 0.6) is 0 Å². The van der Waals surface area contributed by atoms with Crippen molar-refractivity contribution in [2.75, 3.05) is 71.0 Å². The van der Waals surface area contributed by atoms with Crippen LogP contribution in [-0.4, -0.2) is 95.6 Å².